The summed E-state index contributed by atoms with van der Waals surface area (Å²) in [6.45, 7) is 4.28. The van der Waals surface area contributed by atoms with E-state index in [1.54, 1.807) is 34.9 Å². The summed E-state index contributed by atoms with van der Waals surface area (Å²) in [7, 11) is 1.52. The molecule has 0 radical (unpaired) electrons. The number of aromatic carboxylic acids is 2. The van der Waals surface area contributed by atoms with E-state index in [2.05, 4.69) is 0 Å². The van der Waals surface area contributed by atoms with Gasteiger partial charge in [-0.1, -0.05) is 44.2 Å². The van der Waals surface area contributed by atoms with Crippen molar-refractivity contribution < 1.29 is 24.5 Å². The number of methoxy groups -OCH3 is 1. The number of benzene rings is 1. The molecule has 0 unspecified atom stereocenters. The van der Waals surface area contributed by atoms with Crippen LogP contribution in [-0.4, -0.2) is 40.4 Å². The number of carboxylic acid groups (broad SMARTS) is 2. The number of nitrogens with zero attached hydrogens (tertiary/aromatic N) is 1. The van der Waals surface area contributed by atoms with Gasteiger partial charge in [-0.05, 0) is 11.5 Å². The number of hydrogen-bond acceptors (Lipinski definition) is 3. The topological polar surface area (TPSA) is 88.8 Å². The fraction of sp³-hybridized carbons (Fsp3) is 0.333. The molecule has 0 aliphatic carbocycles. The summed E-state index contributed by atoms with van der Waals surface area (Å²) in [5.74, 6) is -2.43. The van der Waals surface area contributed by atoms with E-state index in [1.165, 1.54) is 7.11 Å². The Bertz CT molecular complexity index is 747. The normalized spacial score (nSPS) is 11.0. The van der Waals surface area contributed by atoms with E-state index in [0.717, 1.165) is 0 Å². The Morgan fingerprint density at radius 2 is 1.75 bits per heavy atom. The summed E-state index contributed by atoms with van der Waals surface area (Å²) in [5, 5.41) is 19.5. The maximum atomic E-state index is 11.9. The summed E-state index contributed by atoms with van der Waals surface area (Å²) in [6.07, 6.45) is 0. The lowest BCUT2D eigenvalue weighted by Gasteiger charge is -2.14. The third-order valence-electron chi connectivity index (χ3n) is 3.85. The molecule has 6 heteroatoms. The van der Waals surface area contributed by atoms with Crippen LogP contribution in [0.15, 0.2) is 30.3 Å². The summed E-state index contributed by atoms with van der Waals surface area (Å²) < 4.78 is 6.63. The molecule has 0 bridgehead atoms. The first-order chi connectivity index (χ1) is 11.4. The van der Waals surface area contributed by atoms with E-state index in [-0.39, 0.29) is 29.3 Å². The van der Waals surface area contributed by atoms with Crippen molar-refractivity contribution in [2.24, 2.45) is 0 Å². The molecule has 128 valence electrons. The van der Waals surface area contributed by atoms with Crippen LogP contribution in [0.2, 0.25) is 0 Å². The predicted octanol–water partition coefficient (Wildman–Crippen LogP) is 3.32. The molecule has 0 aliphatic rings. The number of carbonyl (C=O) groups is 2. The van der Waals surface area contributed by atoms with Gasteiger partial charge in [0.1, 0.15) is 5.69 Å². The van der Waals surface area contributed by atoms with Crippen LogP contribution in [0, 0.1) is 0 Å². The Morgan fingerprint density at radius 1 is 1.12 bits per heavy atom. The molecule has 0 aliphatic heterocycles. The van der Waals surface area contributed by atoms with E-state index in [9.17, 15) is 19.8 Å². The second kappa shape index (κ2) is 7.31. The highest BCUT2D eigenvalue weighted by Crippen LogP contribution is 2.36. The van der Waals surface area contributed by atoms with Crippen molar-refractivity contribution in [2.75, 3.05) is 13.7 Å². The lowest BCUT2D eigenvalue weighted by Crippen LogP contribution is -2.16. The van der Waals surface area contributed by atoms with Gasteiger partial charge in [-0.25, -0.2) is 9.59 Å². The average molecular weight is 331 g/mol. The zero-order valence-electron chi connectivity index (χ0n) is 13.9. The van der Waals surface area contributed by atoms with Gasteiger partial charge < -0.3 is 19.5 Å². The summed E-state index contributed by atoms with van der Waals surface area (Å²) in [6, 6.07) is 8.76. The van der Waals surface area contributed by atoms with Gasteiger partial charge in [0.25, 0.3) is 0 Å². The van der Waals surface area contributed by atoms with Crippen LogP contribution in [-0.2, 0) is 11.3 Å². The molecule has 0 spiro atoms. The Labute approximate surface area is 140 Å². The zero-order chi connectivity index (χ0) is 17.9. The lowest BCUT2D eigenvalue weighted by molar-refractivity contribution is 0.0678. The number of rotatable bonds is 7. The highest BCUT2D eigenvalue weighted by atomic mass is 16.5. The second-order valence-corrected chi connectivity index (χ2v) is 5.76. The molecule has 0 atom stereocenters. The number of ether oxygens (including phenoxy) is 1. The Kier molecular flexibility index (Phi) is 5.41. The predicted molar refractivity (Wildman–Crippen MR) is 89.8 cm³/mol. The average Bonchev–Trinajstić information content (AvgIpc) is 2.89. The van der Waals surface area contributed by atoms with Crippen molar-refractivity contribution in [1.29, 1.82) is 0 Å². The molecule has 0 amide bonds. The van der Waals surface area contributed by atoms with E-state index < -0.39 is 11.9 Å². The fourth-order valence-electron chi connectivity index (χ4n) is 2.98. The number of aromatic nitrogens is 1. The van der Waals surface area contributed by atoms with Gasteiger partial charge in [0.05, 0.1) is 12.2 Å². The molecule has 0 saturated carbocycles. The monoisotopic (exact) mass is 331 g/mol. The van der Waals surface area contributed by atoms with E-state index in [4.69, 9.17) is 4.74 Å². The summed E-state index contributed by atoms with van der Waals surface area (Å²) >= 11 is 0. The van der Waals surface area contributed by atoms with E-state index in [1.807, 2.05) is 13.8 Å². The minimum absolute atomic E-state index is 0.0145. The van der Waals surface area contributed by atoms with Crippen molar-refractivity contribution >= 4 is 11.9 Å². The molecule has 6 nitrogen and oxygen atoms in total. The number of carboxylic acids is 2. The van der Waals surface area contributed by atoms with Crippen LogP contribution in [0.3, 0.4) is 0 Å². The van der Waals surface area contributed by atoms with Gasteiger partial charge in [0.15, 0.2) is 0 Å². The van der Waals surface area contributed by atoms with Crippen LogP contribution < -0.4 is 0 Å². The second-order valence-electron chi connectivity index (χ2n) is 5.76. The molecule has 2 rings (SSSR count). The Balaban J connectivity index is 2.89. The van der Waals surface area contributed by atoms with Crippen LogP contribution in [0.1, 0.15) is 46.3 Å². The molecule has 0 saturated heterocycles. The minimum Gasteiger partial charge on any atom is -0.478 e. The Hall–Kier alpha value is -2.60. The molecule has 2 aromatic rings. The molecule has 2 N–H and O–H groups in total. The van der Waals surface area contributed by atoms with Gasteiger partial charge in [-0.2, -0.15) is 0 Å². The number of hydrogen-bond donors (Lipinski definition) is 2. The molecular formula is C18H21NO5. The largest absolute Gasteiger partial charge is 0.478 e. The standard InChI is InChI=1S/C18H21NO5/c1-11(2)15-14(17(20)21)13(12-7-5-4-6-8-12)16(18(22)23)19(15)9-10-24-3/h4-8,11H,9-10H2,1-3H3,(H,20,21)(H,22,23). The van der Waals surface area contributed by atoms with Crippen LogP contribution >= 0.6 is 0 Å². The first kappa shape index (κ1) is 17.7. The van der Waals surface area contributed by atoms with E-state index in [0.29, 0.717) is 17.9 Å². The van der Waals surface area contributed by atoms with Crippen molar-refractivity contribution in [3.8, 4) is 11.1 Å². The smallest absolute Gasteiger partial charge is 0.353 e. The molecule has 1 aromatic carbocycles. The quantitative estimate of drug-likeness (QED) is 0.812. The molecule has 24 heavy (non-hydrogen) atoms. The highest BCUT2D eigenvalue weighted by Gasteiger charge is 2.32. The molecule has 0 fully saturated rings. The maximum Gasteiger partial charge on any atom is 0.353 e. The summed E-state index contributed by atoms with van der Waals surface area (Å²) in [4.78, 5) is 23.9. The van der Waals surface area contributed by atoms with Gasteiger partial charge in [-0.3, -0.25) is 0 Å². The van der Waals surface area contributed by atoms with Gasteiger partial charge >= 0.3 is 11.9 Å². The van der Waals surface area contributed by atoms with Crippen LogP contribution in [0.4, 0.5) is 0 Å². The fourth-order valence-corrected chi connectivity index (χ4v) is 2.98. The van der Waals surface area contributed by atoms with Crippen LogP contribution in [0.25, 0.3) is 11.1 Å². The molecule has 1 heterocycles. The molecule has 1 aromatic heterocycles. The van der Waals surface area contributed by atoms with Gasteiger partial charge in [0, 0.05) is 24.9 Å². The Morgan fingerprint density at radius 3 is 2.21 bits per heavy atom. The van der Waals surface area contributed by atoms with Gasteiger partial charge in [-0.15, -0.1) is 0 Å². The third kappa shape index (κ3) is 3.19. The van der Waals surface area contributed by atoms with Crippen molar-refractivity contribution in [3.63, 3.8) is 0 Å². The highest BCUT2D eigenvalue weighted by molar-refractivity contribution is 6.06. The third-order valence-corrected chi connectivity index (χ3v) is 3.85. The van der Waals surface area contributed by atoms with Gasteiger partial charge in [0.2, 0.25) is 0 Å². The first-order valence-corrected chi connectivity index (χ1v) is 7.67. The lowest BCUT2D eigenvalue weighted by atomic mass is 9.97. The van der Waals surface area contributed by atoms with Crippen molar-refractivity contribution in [2.45, 2.75) is 26.3 Å². The first-order valence-electron chi connectivity index (χ1n) is 7.67. The van der Waals surface area contributed by atoms with Crippen molar-refractivity contribution in [3.05, 3.63) is 47.3 Å². The minimum atomic E-state index is -1.15. The zero-order valence-corrected chi connectivity index (χ0v) is 13.9. The summed E-state index contributed by atoms with van der Waals surface area (Å²) in [5.41, 5.74) is 1.35. The van der Waals surface area contributed by atoms with E-state index >= 15 is 0 Å². The maximum absolute atomic E-state index is 11.9. The molecular weight excluding hydrogens is 310 g/mol. The van der Waals surface area contributed by atoms with Crippen molar-refractivity contribution in [1.82, 2.24) is 4.57 Å². The SMILES string of the molecule is COCCn1c(C(=O)O)c(-c2ccccc2)c(C(=O)O)c1C(C)C. The van der Waals surface area contributed by atoms with Crippen LogP contribution in [0.5, 0.6) is 0 Å².